The van der Waals surface area contributed by atoms with Gasteiger partial charge in [-0.1, -0.05) is 19.1 Å². The molecule has 0 saturated carbocycles. The lowest BCUT2D eigenvalue weighted by Gasteiger charge is -2.36. The van der Waals surface area contributed by atoms with E-state index in [4.69, 9.17) is 5.73 Å². The van der Waals surface area contributed by atoms with E-state index in [9.17, 15) is 4.79 Å². The van der Waals surface area contributed by atoms with E-state index in [1.165, 1.54) is 12.8 Å². The summed E-state index contributed by atoms with van der Waals surface area (Å²) in [5.41, 5.74) is 7.13. The van der Waals surface area contributed by atoms with Crippen LogP contribution in [0.5, 0.6) is 0 Å². The van der Waals surface area contributed by atoms with Gasteiger partial charge in [0.1, 0.15) is 0 Å². The summed E-state index contributed by atoms with van der Waals surface area (Å²) in [5, 5.41) is 2.89. The molecule has 0 spiro atoms. The smallest absolute Gasteiger partial charge is 0.238 e. The fraction of sp³-hybridized carbons (Fsp3) is 0.533. The SMILES string of the molecule is CC1CCC(C)N(CC(=O)Nc2ccccc2N)C1. The molecule has 1 amide bonds. The maximum Gasteiger partial charge on any atom is 0.238 e. The molecule has 0 aliphatic carbocycles. The molecule has 2 rings (SSSR count). The minimum Gasteiger partial charge on any atom is -0.397 e. The Balaban J connectivity index is 1.92. The lowest BCUT2D eigenvalue weighted by atomic mass is 9.95. The van der Waals surface area contributed by atoms with Crippen molar-refractivity contribution >= 4 is 17.3 Å². The third-order valence-corrected chi connectivity index (χ3v) is 3.83. The van der Waals surface area contributed by atoms with Crippen molar-refractivity contribution in [3.05, 3.63) is 24.3 Å². The molecule has 2 unspecified atom stereocenters. The number of hydrogen-bond acceptors (Lipinski definition) is 3. The average Bonchev–Trinajstić information content (AvgIpc) is 2.37. The van der Waals surface area contributed by atoms with Crippen LogP contribution in [0.1, 0.15) is 26.7 Å². The van der Waals surface area contributed by atoms with Crippen LogP contribution in [0, 0.1) is 5.92 Å². The fourth-order valence-electron chi connectivity index (χ4n) is 2.59. The zero-order valence-electron chi connectivity index (χ0n) is 11.7. The van der Waals surface area contributed by atoms with Crippen LogP contribution in [0.25, 0.3) is 0 Å². The van der Waals surface area contributed by atoms with Crippen molar-refractivity contribution in [3.8, 4) is 0 Å². The molecule has 1 aliphatic heterocycles. The van der Waals surface area contributed by atoms with Crippen LogP contribution in [0.15, 0.2) is 24.3 Å². The number of nitrogens with one attached hydrogen (secondary N) is 1. The Morgan fingerprint density at radius 1 is 1.37 bits per heavy atom. The molecule has 1 aromatic carbocycles. The van der Waals surface area contributed by atoms with Gasteiger partial charge >= 0.3 is 0 Å². The number of amides is 1. The van der Waals surface area contributed by atoms with Gasteiger partial charge in [0.25, 0.3) is 0 Å². The van der Waals surface area contributed by atoms with Gasteiger partial charge in [0.15, 0.2) is 0 Å². The summed E-state index contributed by atoms with van der Waals surface area (Å²) in [6, 6.07) is 7.84. The van der Waals surface area contributed by atoms with Crippen LogP contribution >= 0.6 is 0 Å². The van der Waals surface area contributed by atoms with Gasteiger partial charge in [-0.15, -0.1) is 0 Å². The first-order valence-electron chi connectivity index (χ1n) is 6.94. The van der Waals surface area contributed by atoms with E-state index in [2.05, 4.69) is 24.1 Å². The van der Waals surface area contributed by atoms with Gasteiger partial charge in [0, 0.05) is 12.6 Å². The Labute approximate surface area is 115 Å². The van der Waals surface area contributed by atoms with Crippen molar-refractivity contribution in [2.45, 2.75) is 32.7 Å². The van der Waals surface area contributed by atoms with E-state index in [1.54, 1.807) is 6.07 Å². The van der Waals surface area contributed by atoms with Crippen LogP contribution in [0.3, 0.4) is 0 Å². The predicted octanol–water partition coefficient (Wildman–Crippen LogP) is 2.33. The Bertz CT molecular complexity index is 447. The minimum atomic E-state index is 0.0128. The number of benzene rings is 1. The molecule has 19 heavy (non-hydrogen) atoms. The molecule has 1 heterocycles. The summed E-state index contributed by atoms with van der Waals surface area (Å²) in [6.45, 7) is 5.88. The number of hydrogen-bond donors (Lipinski definition) is 2. The molecule has 1 aromatic rings. The molecule has 3 N–H and O–H groups in total. The molecule has 1 fully saturated rings. The van der Waals surface area contributed by atoms with E-state index < -0.39 is 0 Å². The number of carbonyl (C=O) groups excluding carboxylic acids is 1. The first kappa shape index (κ1) is 13.9. The number of anilines is 2. The average molecular weight is 261 g/mol. The largest absolute Gasteiger partial charge is 0.397 e. The first-order valence-corrected chi connectivity index (χ1v) is 6.94. The Morgan fingerprint density at radius 3 is 2.84 bits per heavy atom. The highest BCUT2D eigenvalue weighted by molar-refractivity contribution is 5.95. The Morgan fingerprint density at radius 2 is 2.11 bits per heavy atom. The Hall–Kier alpha value is -1.55. The number of carbonyl (C=O) groups is 1. The van der Waals surface area contributed by atoms with E-state index in [-0.39, 0.29) is 5.91 Å². The fourth-order valence-corrected chi connectivity index (χ4v) is 2.59. The van der Waals surface area contributed by atoms with Crippen molar-refractivity contribution in [3.63, 3.8) is 0 Å². The van der Waals surface area contributed by atoms with Gasteiger partial charge in [-0.05, 0) is 37.8 Å². The van der Waals surface area contributed by atoms with E-state index in [0.717, 1.165) is 6.54 Å². The summed E-state index contributed by atoms with van der Waals surface area (Å²) >= 11 is 0. The molecule has 1 saturated heterocycles. The molecular weight excluding hydrogens is 238 g/mol. The first-order chi connectivity index (χ1) is 9.06. The van der Waals surface area contributed by atoms with E-state index in [1.807, 2.05) is 18.2 Å². The lowest BCUT2D eigenvalue weighted by molar-refractivity contribution is -0.118. The Kier molecular flexibility index (Phi) is 4.43. The van der Waals surface area contributed by atoms with E-state index >= 15 is 0 Å². The zero-order valence-corrected chi connectivity index (χ0v) is 11.7. The number of nitrogens with two attached hydrogens (primary N) is 1. The minimum absolute atomic E-state index is 0.0128. The zero-order chi connectivity index (χ0) is 13.8. The number of nitrogens with zero attached hydrogens (tertiary/aromatic N) is 1. The van der Waals surface area contributed by atoms with Gasteiger partial charge in [-0.2, -0.15) is 0 Å². The molecule has 2 atom stereocenters. The molecule has 1 aliphatic rings. The second kappa shape index (κ2) is 6.06. The third kappa shape index (κ3) is 3.70. The van der Waals surface area contributed by atoms with Crippen LogP contribution < -0.4 is 11.1 Å². The molecule has 104 valence electrons. The highest BCUT2D eigenvalue weighted by atomic mass is 16.2. The van der Waals surface area contributed by atoms with Crippen molar-refractivity contribution in [1.82, 2.24) is 4.90 Å². The van der Waals surface area contributed by atoms with Crippen molar-refractivity contribution in [1.29, 1.82) is 0 Å². The maximum absolute atomic E-state index is 12.1. The highest BCUT2D eigenvalue weighted by Crippen LogP contribution is 2.21. The van der Waals surface area contributed by atoms with Crippen LogP contribution in [-0.4, -0.2) is 29.9 Å². The van der Waals surface area contributed by atoms with Crippen molar-refractivity contribution in [2.24, 2.45) is 5.92 Å². The van der Waals surface area contributed by atoms with Crippen molar-refractivity contribution in [2.75, 3.05) is 24.1 Å². The van der Waals surface area contributed by atoms with Crippen LogP contribution in [0.2, 0.25) is 0 Å². The van der Waals surface area contributed by atoms with Gasteiger partial charge in [0.05, 0.1) is 17.9 Å². The summed E-state index contributed by atoms with van der Waals surface area (Å²) in [7, 11) is 0. The quantitative estimate of drug-likeness (QED) is 0.821. The predicted molar refractivity (Wildman–Crippen MR) is 78.9 cm³/mol. The van der Waals surface area contributed by atoms with Gasteiger partial charge in [-0.3, -0.25) is 9.69 Å². The number of nitrogen functional groups attached to an aromatic ring is 1. The van der Waals surface area contributed by atoms with Crippen LogP contribution in [0.4, 0.5) is 11.4 Å². The molecular formula is C15H23N3O. The molecule has 0 bridgehead atoms. The number of likely N-dealkylation sites (tertiary alicyclic amines) is 1. The summed E-state index contributed by atoms with van der Waals surface area (Å²) in [6.07, 6.45) is 2.42. The highest BCUT2D eigenvalue weighted by Gasteiger charge is 2.24. The third-order valence-electron chi connectivity index (χ3n) is 3.83. The van der Waals surface area contributed by atoms with Gasteiger partial charge in [-0.25, -0.2) is 0 Å². The number of piperidine rings is 1. The second-order valence-corrected chi connectivity index (χ2v) is 5.60. The topological polar surface area (TPSA) is 58.4 Å². The second-order valence-electron chi connectivity index (χ2n) is 5.60. The maximum atomic E-state index is 12.1. The van der Waals surface area contributed by atoms with Crippen molar-refractivity contribution < 1.29 is 4.79 Å². The standard InChI is InChI=1S/C15H23N3O/c1-11-7-8-12(2)18(9-11)10-15(19)17-14-6-4-3-5-13(14)16/h3-6,11-12H,7-10,16H2,1-2H3,(H,17,19). The van der Waals surface area contributed by atoms with Crippen LogP contribution in [-0.2, 0) is 4.79 Å². The lowest BCUT2D eigenvalue weighted by Crippen LogP contribution is -2.45. The number of rotatable bonds is 3. The summed E-state index contributed by atoms with van der Waals surface area (Å²) < 4.78 is 0. The summed E-state index contributed by atoms with van der Waals surface area (Å²) in [5.74, 6) is 0.685. The normalized spacial score (nSPS) is 24.1. The molecule has 4 nitrogen and oxygen atoms in total. The number of para-hydroxylation sites is 2. The molecule has 0 radical (unpaired) electrons. The molecule has 0 aromatic heterocycles. The molecule has 4 heteroatoms. The monoisotopic (exact) mass is 261 g/mol. The van der Waals surface area contributed by atoms with Gasteiger partial charge < -0.3 is 11.1 Å². The van der Waals surface area contributed by atoms with Gasteiger partial charge in [0.2, 0.25) is 5.91 Å². The van der Waals surface area contributed by atoms with E-state index in [0.29, 0.717) is 29.9 Å². The summed E-state index contributed by atoms with van der Waals surface area (Å²) in [4.78, 5) is 14.3.